The lowest BCUT2D eigenvalue weighted by molar-refractivity contribution is -0.111. The number of rotatable bonds is 5. The number of carbonyl (C=O) groups is 1. The molecule has 0 unspecified atom stereocenters. The van der Waals surface area contributed by atoms with E-state index in [0.717, 1.165) is 30.4 Å². The minimum atomic E-state index is -0.491. The van der Waals surface area contributed by atoms with E-state index in [4.69, 9.17) is 4.74 Å². The molecule has 0 atom stereocenters. The van der Waals surface area contributed by atoms with Crippen molar-refractivity contribution in [2.45, 2.75) is 39.0 Å². The summed E-state index contributed by atoms with van der Waals surface area (Å²) in [6, 6.07) is 6.09. The van der Waals surface area contributed by atoms with Gasteiger partial charge in [0, 0.05) is 11.0 Å². The number of hydrogen-bond acceptors (Lipinski definition) is 2. The van der Waals surface area contributed by atoms with Crippen molar-refractivity contribution in [2.75, 3.05) is 7.11 Å². The van der Waals surface area contributed by atoms with Crippen LogP contribution >= 0.6 is 0 Å². The zero-order valence-corrected chi connectivity index (χ0v) is 10.5. The molecule has 16 heavy (non-hydrogen) atoms. The molecule has 0 spiro atoms. The lowest BCUT2D eigenvalue weighted by Gasteiger charge is -2.21. The maximum Gasteiger partial charge on any atom is 0.130 e. The van der Waals surface area contributed by atoms with E-state index in [1.54, 1.807) is 7.11 Å². The van der Waals surface area contributed by atoms with Crippen LogP contribution in [-0.2, 0) is 16.6 Å². The summed E-state index contributed by atoms with van der Waals surface area (Å²) in [7, 11) is 1.64. The Hall–Kier alpha value is -1.31. The van der Waals surface area contributed by atoms with E-state index in [1.807, 2.05) is 19.9 Å². The minimum Gasteiger partial charge on any atom is -0.496 e. The van der Waals surface area contributed by atoms with Crippen molar-refractivity contribution in [1.82, 2.24) is 0 Å². The molecular weight excluding hydrogens is 200 g/mol. The monoisotopic (exact) mass is 220 g/mol. The summed E-state index contributed by atoms with van der Waals surface area (Å²) < 4.78 is 5.31. The third-order valence-corrected chi connectivity index (χ3v) is 2.79. The normalized spacial score (nSPS) is 11.2. The molecule has 0 heterocycles. The van der Waals surface area contributed by atoms with E-state index in [-0.39, 0.29) is 0 Å². The van der Waals surface area contributed by atoms with Crippen LogP contribution in [0.4, 0.5) is 0 Å². The van der Waals surface area contributed by atoms with Gasteiger partial charge in [-0.25, -0.2) is 0 Å². The van der Waals surface area contributed by atoms with Gasteiger partial charge < -0.3 is 9.53 Å². The Bertz CT molecular complexity index is 367. The Morgan fingerprint density at radius 2 is 2.06 bits per heavy atom. The Labute approximate surface area is 97.6 Å². The quantitative estimate of drug-likeness (QED) is 0.713. The van der Waals surface area contributed by atoms with Gasteiger partial charge in [0.25, 0.3) is 0 Å². The van der Waals surface area contributed by atoms with Crippen LogP contribution in [0.5, 0.6) is 5.75 Å². The standard InChI is InChI=1S/C14H20O2/c1-5-6-11-7-8-13(16-4)12(9-11)14(2,3)10-15/h7-10H,5-6H2,1-4H3. The van der Waals surface area contributed by atoms with Gasteiger partial charge in [0.1, 0.15) is 12.0 Å². The molecule has 2 heteroatoms. The van der Waals surface area contributed by atoms with Crippen molar-refractivity contribution in [1.29, 1.82) is 0 Å². The van der Waals surface area contributed by atoms with Crippen LogP contribution in [0.1, 0.15) is 38.3 Å². The third kappa shape index (κ3) is 2.63. The largest absolute Gasteiger partial charge is 0.496 e. The van der Waals surface area contributed by atoms with Gasteiger partial charge in [0.2, 0.25) is 0 Å². The zero-order chi connectivity index (χ0) is 12.2. The van der Waals surface area contributed by atoms with Gasteiger partial charge in [0.15, 0.2) is 0 Å². The number of hydrogen-bond donors (Lipinski definition) is 0. The lowest BCUT2D eigenvalue weighted by atomic mass is 9.84. The van der Waals surface area contributed by atoms with Crippen LogP contribution in [0.3, 0.4) is 0 Å². The first-order valence-corrected chi connectivity index (χ1v) is 5.69. The number of ether oxygens (including phenoxy) is 1. The first-order chi connectivity index (χ1) is 7.55. The fourth-order valence-corrected chi connectivity index (χ4v) is 1.77. The summed E-state index contributed by atoms with van der Waals surface area (Å²) in [5.74, 6) is 0.789. The lowest BCUT2D eigenvalue weighted by Crippen LogP contribution is -2.20. The molecule has 0 N–H and O–H groups in total. The van der Waals surface area contributed by atoms with E-state index in [0.29, 0.717) is 0 Å². The Morgan fingerprint density at radius 3 is 2.56 bits per heavy atom. The smallest absolute Gasteiger partial charge is 0.130 e. The molecule has 0 amide bonds. The van der Waals surface area contributed by atoms with Crippen LogP contribution in [0, 0.1) is 0 Å². The second-order valence-corrected chi connectivity index (χ2v) is 4.62. The molecule has 0 fully saturated rings. The van der Waals surface area contributed by atoms with Crippen molar-refractivity contribution >= 4 is 6.29 Å². The highest BCUT2D eigenvalue weighted by Gasteiger charge is 2.23. The average molecular weight is 220 g/mol. The fraction of sp³-hybridized carbons (Fsp3) is 0.500. The number of methoxy groups -OCH3 is 1. The highest BCUT2D eigenvalue weighted by atomic mass is 16.5. The molecule has 0 saturated carbocycles. The molecule has 0 bridgehead atoms. The van der Waals surface area contributed by atoms with Crippen molar-refractivity contribution in [3.05, 3.63) is 29.3 Å². The predicted octanol–water partition coefficient (Wildman–Crippen LogP) is 3.12. The van der Waals surface area contributed by atoms with E-state index in [1.165, 1.54) is 5.56 Å². The van der Waals surface area contributed by atoms with Gasteiger partial charge in [-0.1, -0.05) is 25.5 Å². The van der Waals surface area contributed by atoms with Gasteiger partial charge in [-0.15, -0.1) is 0 Å². The van der Waals surface area contributed by atoms with E-state index in [2.05, 4.69) is 19.1 Å². The maximum atomic E-state index is 11.1. The minimum absolute atomic E-state index is 0.491. The first-order valence-electron chi connectivity index (χ1n) is 5.69. The molecule has 0 aliphatic heterocycles. The SMILES string of the molecule is CCCc1ccc(OC)c(C(C)(C)C=O)c1. The molecule has 2 nitrogen and oxygen atoms in total. The number of aldehydes is 1. The summed E-state index contributed by atoms with van der Waals surface area (Å²) in [5, 5.41) is 0. The van der Waals surface area contributed by atoms with Gasteiger partial charge in [0.05, 0.1) is 7.11 Å². The van der Waals surface area contributed by atoms with Crippen molar-refractivity contribution in [3.63, 3.8) is 0 Å². The van der Waals surface area contributed by atoms with Crippen molar-refractivity contribution in [2.24, 2.45) is 0 Å². The Balaban J connectivity index is 3.21. The van der Waals surface area contributed by atoms with E-state index < -0.39 is 5.41 Å². The summed E-state index contributed by atoms with van der Waals surface area (Å²) in [5.41, 5.74) is 1.74. The molecular formula is C14H20O2. The van der Waals surface area contributed by atoms with Crippen molar-refractivity contribution < 1.29 is 9.53 Å². The van der Waals surface area contributed by atoms with Gasteiger partial charge in [-0.05, 0) is 31.9 Å². The third-order valence-electron chi connectivity index (χ3n) is 2.79. The predicted molar refractivity (Wildman–Crippen MR) is 66.1 cm³/mol. The summed E-state index contributed by atoms with van der Waals surface area (Å²) in [4.78, 5) is 11.1. The topological polar surface area (TPSA) is 26.3 Å². The summed E-state index contributed by atoms with van der Waals surface area (Å²) in [6.07, 6.45) is 3.11. The molecule has 0 saturated heterocycles. The van der Waals surface area contributed by atoms with Crippen LogP contribution in [-0.4, -0.2) is 13.4 Å². The number of benzene rings is 1. The van der Waals surface area contributed by atoms with E-state index in [9.17, 15) is 4.79 Å². The molecule has 1 aromatic carbocycles. The van der Waals surface area contributed by atoms with E-state index >= 15 is 0 Å². The summed E-state index contributed by atoms with van der Waals surface area (Å²) >= 11 is 0. The van der Waals surface area contributed by atoms with Crippen LogP contribution in [0.15, 0.2) is 18.2 Å². The molecule has 1 rings (SSSR count). The zero-order valence-electron chi connectivity index (χ0n) is 10.5. The van der Waals surface area contributed by atoms with Crippen LogP contribution in [0.25, 0.3) is 0 Å². The highest BCUT2D eigenvalue weighted by molar-refractivity contribution is 5.69. The molecule has 0 aromatic heterocycles. The van der Waals surface area contributed by atoms with Gasteiger partial charge in [-0.3, -0.25) is 0 Å². The van der Waals surface area contributed by atoms with Gasteiger partial charge in [-0.2, -0.15) is 0 Å². The Morgan fingerprint density at radius 1 is 1.38 bits per heavy atom. The van der Waals surface area contributed by atoms with Crippen molar-refractivity contribution in [3.8, 4) is 5.75 Å². The highest BCUT2D eigenvalue weighted by Crippen LogP contribution is 2.31. The molecule has 0 aliphatic carbocycles. The van der Waals surface area contributed by atoms with Crippen LogP contribution < -0.4 is 4.74 Å². The molecule has 0 radical (unpaired) electrons. The molecule has 1 aromatic rings. The second kappa shape index (κ2) is 5.15. The Kier molecular flexibility index (Phi) is 4.11. The number of carbonyl (C=O) groups excluding carboxylic acids is 1. The van der Waals surface area contributed by atoms with Crippen LogP contribution in [0.2, 0.25) is 0 Å². The average Bonchev–Trinajstić information content (AvgIpc) is 2.29. The fourth-order valence-electron chi connectivity index (χ4n) is 1.77. The maximum absolute atomic E-state index is 11.1. The molecule has 0 aliphatic rings. The molecule has 88 valence electrons. The summed E-state index contributed by atoms with van der Waals surface area (Å²) in [6.45, 7) is 5.97. The number of aryl methyl sites for hydroxylation is 1. The second-order valence-electron chi connectivity index (χ2n) is 4.62. The van der Waals surface area contributed by atoms with Gasteiger partial charge >= 0.3 is 0 Å². The first kappa shape index (κ1) is 12.8.